The van der Waals surface area contributed by atoms with E-state index in [1.807, 2.05) is 22.7 Å². The molecule has 0 bridgehead atoms. The molecule has 3 rings (SSSR count). The van der Waals surface area contributed by atoms with E-state index >= 15 is 0 Å². The van der Waals surface area contributed by atoms with Gasteiger partial charge in [-0.2, -0.15) is 0 Å². The van der Waals surface area contributed by atoms with Crippen LogP contribution in [-0.4, -0.2) is 19.5 Å². The quantitative estimate of drug-likeness (QED) is 0.732. The van der Waals surface area contributed by atoms with E-state index in [0.717, 1.165) is 15.3 Å². The maximum atomic E-state index is 10.1. The van der Waals surface area contributed by atoms with Crippen molar-refractivity contribution in [1.82, 2.24) is 14.4 Å². The van der Waals surface area contributed by atoms with Gasteiger partial charge < -0.3 is 5.11 Å². The molecule has 1 unspecified atom stereocenters. The van der Waals surface area contributed by atoms with Gasteiger partial charge in [-0.25, -0.2) is 4.98 Å². The van der Waals surface area contributed by atoms with Crippen LogP contribution in [0.1, 0.15) is 16.5 Å². The third-order valence-corrected chi connectivity index (χ3v) is 3.48. The fourth-order valence-electron chi connectivity index (χ4n) is 1.58. The predicted octanol–water partition coefficient (Wildman–Crippen LogP) is 1.87. The van der Waals surface area contributed by atoms with Crippen LogP contribution in [0.5, 0.6) is 0 Å². The first kappa shape index (κ1) is 9.50. The molecule has 1 atom stereocenters. The number of aliphatic hydroxyl groups excluding tert-OH is 1. The van der Waals surface area contributed by atoms with Crippen LogP contribution in [0.2, 0.25) is 0 Å². The van der Waals surface area contributed by atoms with Crippen molar-refractivity contribution in [3.63, 3.8) is 0 Å². The Morgan fingerprint density at radius 2 is 2.25 bits per heavy atom. The van der Waals surface area contributed by atoms with Gasteiger partial charge in [0.15, 0.2) is 0 Å². The molecule has 0 aliphatic heterocycles. The van der Waals surface area contributed by atoms with Gasteiger partial charge in [0.25, 0.3) is 0 Å². The second-order valence-corrected chi connectivity index (χ2v) is 4.56. The number of aliphatic hydroxyl groups is 1. The molecular formula is C11H9N3OS. The van der Waals surface area contributed by atoms with Gasteiger partial charge in [0.2, 0.25) is 0 Å². The molecular weight excluding hydrogens is 222 g/mol. The summed E-state index contributed by atoms with van der Waals surface area (Å²) in [5.41, 5.74) is 0.806. The molecule has 4 nitrogen and oxygen atoms in total. The summed E-state index contributed by atoms with van der Waals surface area (Å²) in [6, 6.07) is 3.69. The monoisotopic (exact) mass is 231 g/mol. The van der Waals surface area contributed by atoms with Gasteiger partial charge in [0.05, 0.1) is 17.4 Å². The molecule has 3 aromatic heterocycles. The van der Waals surface area contributed by atoms with Crippen LogP contribution >= 0.6 is 11.3 Å². The van der Waals surface area contributed by atoms with Crippen molar-refractivity contribution in [2.45, 2.75) is 6.10 Å². The topological polar surface area (TPSA) is 50.4 Å². The van der Waals surface area contributed by atoms with Crippen molar-refractivity contribution in [3.8, 4) is 0 Å². The van der Waals surface area contributed by atoms with E-state index in [2.05, 4.69) is 9.97 Å². The van der Waals surface area contributed by atoms with Gasteiger partial charge in [-0.05, 0) is 6.07 Å². The third-order valence-electron chi connectivity index (χ3n) is 2.39. The van der Waals surface area contributed by atoms with Crippen molar-refractivity contribution in [2.24, 2.45) is 0 Å². The number of hydrogen-bond acceptors (Lipinski definition) is 4. The fraction of sp³-hybridized carbons (Fsp3) is 0.0909. The van der Waals surface area contributed by atoms with E-state index in [-0.39, 0.29) is 0 Å². The molecule has 0 amide bonds. The first-order valence-electron chi connectivity index (χ1n) is 4.84. The molecule has 16 heavy (non-hydrogen) atoms. The molecule has 0 spiro atoms. The Bertz CT molecular complexity index is 573. The lowest BCUT2D eigenvalue weighted by atomic mass is 10.1. The average Bonchev–Trinajstić information content (AvgIpc) is 2.89. The predicted molar refractivity (Wildman–Crippen MR) is 61.4 cm³/mol. The van der Waals surface area contributed by atoms with Crippen LogP contribution < -0.4 is 0 Å². The van der Waals surface area contributed by atoms with Crippen LogP contribution in [0.15, 0.2) is 43.2 Å². The number of thiazole rings is 1. The Morgan fingerprint density at radius 3 is 3.00 bits per heavy atom. The molecule has 0 fully saturated rings. The van der Waals surface area contributed by atoms with Crippen LogP contribution in [0, 0.1) is 0 Å². The zero-order valence-electron chi connectivity index (χ0n) is 8.32. The van der Waals surface area contributed by atoms with E-state index in [1.165, 1.54) is 11.3 Å². The number of aromatic nitrogens is 3. The SMILES string of the molecule is OC(c1cccnc1)c1cn2cncc2s1. The van der Waals surface area contributed by atoms with Crippen LogP contribution in [-0.2, 0) is 0 Å². The second kappa shape index (κ2) is 3.70. The minimum atomic E-state index is -0.612. The van der Waals surface area contributed by atoms with Crippen LogP contribution in [0.25, 0.3) is 4.83 Å². The number of pyridine rings is 1. The lowest BCUT2D eigenvalue weighted by Crippen LogP contribution is -1.97. The van der Waals surface area contributed by atoms with Gasteiger partial charge in [0.1, 0.15) is 10.9 Å². The van der Waals surface area contributed by atoms with Gasteiger partial charge in [-0.3, -0.25) is 9.38 Å². The summed E-state index contributed by atoms with van der Waals surface area (Å²) in [7, 11) is 0. The number of imidazole rings is 1. The Labute approximate surface area is 95.8 Å². The molecule has 0 aliphatic rings. The van der Waals surface area contributed by atoms with Crippen molar-refractivity contribution in [3.05, 3.63) is 53.7 Å². The van der Waals surface area contributed by atoms with Gasteiger partial charge in [-0.1, -0.05) is 6.07 Å². The van der Waals surface area contributed by atoms with Crippen molar-refractivity contribution in [2.75, 3.05) is 0 Å². The highest BCUT2D eigenvalue weighted by Crippen LogP contribution is 2.28. The molecule has 3 heterocycles. The van der Waals surface area contributed by atoms with Crippen molar-refractivity contribution < 1.29 is 5.11 Å². The van der Waals surface area contributed by atoms with Crippen molar-refractivity contribution in [1.29, 1.82) is 0 Å². The molecule has 80 valence electrons. The van der Waals surface area contributed by atoms with E-state index in [9.17, 15) is 5.11 Å². The summed E-state index contributed by atoms with van der Waals surface area (Å²) < 4.78 is 1.90. The molecule has 0 aliphatic carbocycles. The second-order valence-electron chi connectivity index (χ2n) is 3.46. The Kier molecular flexibility index (Phi) is 2.19. The van der Waals surface area contributed by atoms with Gasteiger partial charge in [-0.15, -0.1) is 11.3 Å². The highest BCUT2D eigenvalue weighted by atomic mass is 32.1. The number of fused-ring (bicyclic) bond motifs is 1. The van der Waals surface area contributed by atoms with Crippen LogP contribution in [0.3, 0.4) is 0 Å². The smallest absolute Gasteiger partial charge is 0.119 e. The molecule has 3 aromatic rings. The van der Waals surface area contributed by atoms with Crippen molar-refractivity contribution >= 4 is 16.2 Å². The minimum absolute atomic E-state index is 0.612. The highest BCUT2D eigenvalue weighted by Gasteiger charge is 2.13. The van der Waals surface area contributed by atoms with Gasteiger partial charge >= 0.3 is 0 Å². The summed E-state index contributed by atoms with van der Waals surface area (Å²) >= 11 is 1.53. The molecule has 1 N–H and O–H groups in total. The molecule has 0 saturated carbocycles. The fourth-order valence-corrected chi connectivity index (χ4v) is 2.56. The molecule has 0 radical (unpaired) electrons. The van der Waals surface area contributed by atoms with Crippen LogP contribution in [0.4, 0.5) is 0 Å². The Balaban J connectivity index is 2.01. The molecule has 5 heteroatoms. The van der Waals surface area contributed by atoms with E-state index in [0.29, 0.717) is 0 Å². The van der Waals surface area contributed by atoms with E-state index in [1.54, 1.807) is 24.9 Å². The molecule has 0 saturated heterocycles. The highest BCUT2D eigenvalue weighted by molar-refractivity contribution is 7.17. The average molecular weight is 231 g/mol. The lowest BCUT2D eigenvalue weighted by molar-refractivity contribution is 0.223. The molecule has 0 aromatic carbocycles. The summed E-state index contributed by atoms with van der Waals surface area (Å²) in [5, 5.41) is 10.1. The first-order valence-corrected chi connectivity index (χ1v) is 5.65. The summed E-state index contributed by atoms with van der Waals surface area (Å²) in [6.45, 7) is 0. The minimum Gasteiger partial charge on any atom is -0.383 e. The summed E-state index contributed by atoms with van der Waals surface area (Å²) in [6.07, 6.45) is 8.16. The van der Waals surface area contributed by atoms with E-state index < -0.39 is 6.10 Å². The number of hydrogen-bond donors (Lipinski definition) is 1. The van der Waals surface area contributed by atoms with Gasteiger partial charge in [0, 0.05) is 24.2 Å². The zero-order valence-corrected chi connectivity index (χ0v) is 9.13. The lowest BCUT2D eigenvalue weighted by Gasteiger charge is -2.06. The van der Waals surface area contributed by atoms with E-state index in [4.69, 9.17) is 0 Å². The first-order chi connectivity index (χ1) is 7.84. The Hall–Kier alpha value is -1.72. The third kappa shape index (κ3) is 1.50. The number of rotatable bonds is 2. The Morgan fingerprint density at radius 1 is 1.31 bits per heavy atom. The maximum absolute atomic E-state index is 10.1. The summed E-state index contributed by atoms with van der Waals surface area (Å²) in [5.74, 6) is 0. The maximum Gasteiger partial charge on any atom is 0.119 e. The zero-order chi connectivity index (χ0) is 11.0. The standard InChI is InChI=1S/C11H9N3OS/c15-11(8-2-1-3-12-4-8)9-6-14-7-13-5-10(14)16-9/h1-7,11,15H. The summed E-state index contributed by atoms with van der Waals surface area (Å²) in [4.78, 5) is 9.93. The largest absolute Gasteiger partial charge is 0.383 e. The normalized spacial score (nSPS) is 13.1. The number of nitrogens with zero attached hydrogens (tertiary/aromatic N) is 3.